The molecule has 0 aliphatic rings. The smallest absolute Gasteiger partial charge is 0.224 e. The Kier molecular flexibility index (Phi) is 4.13. The van der Waals surface area contributed by atoms with E-state index < -0.39 is 6.10 Å². The average molecular weight is 193 g/mol. The maximum atomic E-state index is 11.3. The van der Waals surface area contributed by atoms with Crippen LogP contribution in [-0.2, 0) is 11.2 Å². The highest BCUT2D eigenvalue weighted by Gasteiger charge is 2.03. The minimum absolute atomic E-state index is 0.0582. The molecule has 0 bridgehead atoms. The number of carbonyl (C=O) groups excluding carboxylic acids is 1. The second-order valence-corrected chi connectivity index (χ2v) is 3.32. The lowest BCUT2D eigenvalue weighted by atomic mass is 10.1. The van der Waals surface area contributed by atoms with Crippen molar-refractivity contribution in [3.05, 3.63) is 35.9 Å². The second kappa shape index (κ2) is 5.40. The van der Waals surface area contributed by atoms with Crippen molar-refractivity contribution in [3.8, 4) is 0 Å². The number of aliphatic hydroxyl groups excluding tert-OH is 1. The summed E-state index contributed by atoms with van der Waals surface area (Å²) >= 11 is 0. The third-order valence-corrected chi connectivity index (χ3v) is 1.80. The lowest BCUT2D eigenvalue weighted by Gasteiger charge is -2.06. The van der Waals surface area contributed by atoms with Crippen molar-refractivity contribution >= 4 is 5.91 Å². The Hall–Kier alpha value is -1.35. The number of hydrogen-bond acceptors (Lipinski definition) is 2. The molecule has 0 fully saturated rings. The molecule has 0 aliphatic heterocycles. The average Bonchev–Trinajstić information content (AvgIpc) is 2.16. The first-order valence-electron chi connectivity index (χ1n) is 4.67. The predicted octanol–water partition coefficient (Wildman–Crippen LogP) is 0.726. The van der Waals surface area contributed by atoms with Gasteiger partial charge in [0.25, 0.3) is 0 Å². The Balaban J connectivity index is 2.35. The number of carbonyl (C=O) groups is 1. The van der Waals surface area contributed by atoms with E-state index in [1.165, 1.54) is 0 Å². The minimum atomic E-state index is -0.491. The lowest BCUT2D eigenvalue weighted by Crippen LogP contribution is -2.31. The molecule has 2 N–H and O–H groups in total. The van der Waals surface area contributed by atoms with Crippen LogP contribution in [0.15, 0.2) is 30.3 Å². The second-order valence-electron chi connectivity index (χ2n) is 3.32. The highest BCUT2D eigenvalue weighted by atomic mass is 16.3. The third-order valence-electron chi connectivity index (χ3n) is 1.80. The van der Waals surface area contributed by atoms with Crippen molar-refractivity contribution in [2.75, 3.05) is 6.54 Å². The van der Waals surface area contributed by atoms with Gasteiger partial charge in [-0.1, -0.05) is 30.3 Å². The maximum absolute atomic E-state index is 11.3. The predicted molar refractivity (Wildman–Crippen MR) is 54.8 cm³/mol. The topological polar surface area (TPSA) is 49.3 Å². The van der Waals surface area contributed by atoms with E-state index in [9.17, 15) is 4.79 Å². The van der Waals surface area contributed by atoms with Crippen LogP contribution >= 0.6 is 0 Å². The SMILES string of the molecule is C[C@H](O)CNC(=O)Cc1ccccc1. The van der Waals surface area contributed by atoms with Gasteiger partial charge in [0.15, 0.2) is 0 Å². The third kappa shape index (κ3) is 4.05. The molecule has 0 unspecified atom stereocenters. The summed E-state index contributed by atoms with van der Waals surface area (Å²) in [7, 11) is 0. The first kappa shape index (κ1) is 10.7. The van der Waals surface area contributed by atoms with Crippen LogP contribution < -0.4 is 5.32 Å². The normalized spacial score (nSPS) is 12.1. The fourth-order valence-electron chi connectivity index (χ4n) is 1.11. The standard InChI is InChI=1S/C11H15NO2/c1-9(13)8-12-11(14)7-10-5-3-2-4-6-10/h2-6,9,13H,7-8H2,1H3,(H,12,14)/t9-/m0/s1. The summed E-state index contributed by atoms with van der Waals surface area (Å²) in [4.78, 5) is 11.3. The van der Waals surface area contributed by atoms with E-state index in [1.807, 2.05) is 30.3 Å². The van der Waals surface area contributed by atoms with Crippen LogP contribution in [0.25, 0.3) is 0 Å². The van der Waals surface area contributed by atoms with Gasteiger partial charge in [-0.15, -0.1) is 0 Å². The summed E-state index contributed by atoms with van der Waals surface area (Å²) in [5.41, 5.74) is 0.982. The van der Waals surface area contributed by atoms with Crippen molar-refractivity contribution in [3.63, 3.8) is 0 Å². The minimum Gasteiger partial charge on any atom is -0.392 e. The molecule has 1 rings (SSSR count). The summed E-state index contributed by atoms with van der Waals surface area (Å²) in [6, 6.07) is 9.52. The zero-order valence-electron chi connectivity index (χ0n) is 8.23. The quantitative estimate of drug-likeness (QED) is 0.740. The van der Waals surface area contributed by atoms with Crippen LogP contribution in [0, 0.1) is 0 Å². The van der Waals surface area contributed by atoms with Crippen LogP contribution in [0.4, 0.5) is 0 Å². The van der Waals surface area contributed by atoms with E-state index in [0.29, 0.717) is 13.0 Å². The molecule has 0 heterocycles. The number of nitrogens with one attached hydrogen (secondary N) is 1. The number of aliphatic hydroxyl groups is 1. The van der Waals surface area contributed by atoms with Crippen LogP contribution in [-0.4, -0.2) is 23.7 Å². The van der Waals surface area contributed by atoms with Crippen LogP contribution in [0.1, 0.15) is 12.5 Å². The molecule has 0 aliphatic carbocycles. The van der Waals surface area contributed by atoms with Gasteiger partial charge in [-0.25, -0.2) is 0 Å². The Morgan fingerprint density at radius 3 is 2.64 bits per heavy atom. The molecule has 14 heavy (non-hydrogen) atoms. The van der Waals surface area contributed by atoms with Gasteiger partial charge in [0, 0.05) is 6.54 Å². The molecular weight excluding hydrogens is 178 g/mol. The highest BCUT2D eigenvalue weighted by Crippen LogP contribution is 1.98. The van der Waals surface area contributed by atoms with Gasteiger partial charge in [0.2, 0.25) is 5.91 Å². The van der Waals surface area contributed by atoms with Gasteiger partial charge in [-0.3, -0.25) is 4.79 Å². The largest absolute Gasteiger partial charge is 0.392 e. The molecule has 0 saturated heterocycles. The van der Waals surface area contributed by atoms with Crippen LogP contribution in [0.5, 0.6) is 0 Å². The van der Waals surface area contributed by atoms with Gasteiger partial charge < -0.3 is 10.4 Å². The van der Waals surface area contributed by atoms with Crippen molar-refractivity contribution in [1.29, 1.82) is 0 Å². The summed E-state index contributed by atoms with van der Waals surface area (Å²) in [5, 5.41) is 11.6. The Morgan fingerprint density at radius 1 is 1.43 bits per heavy atom. The summed E-state index contributed by atoms with van der Waals surface area (Å²) in [6.45, 7) is 1.95. The zero-order chi connectivity index (χ0) is 10.4. The maximum Gasteiger partial charge on any atom is 0.224 e. The Labute approximate surface area is 83.8 Å². The van der Waals surface area contributed by atoms with Gasteiger partial charge in [-0.2, -0.15) is 0 Å². The fourth-order valence-corrected chi connectivity index (χ4v) is 1.11. The molecule has 0 spiro atoms. The van der Waals surface area contributed by atoms with E-state index in [0.717, 1.165) is 5.56 Å². The van der Waals surface area contributed by atoms with Gasteiger partial charge in [0.1, 0.15) is 0 Å². The molecule has 0 radical (unpaired) electrons. The van der Waals surface area contributed by atoms with E-state index in [4.69, 9.17) is 5.11 Å². The molecule has 76 valence electrons. The number of rotatable bonds is 4. The van der Waals surface area contributed by atoms with E-state index in [1.54, 1.807) is 6.92 Å². The summed E-state index contributed by atoms with van der Waals surface area (Å²) < 4.78 is 0. The van der Waals surface area contributed by atoms with Crippen molar-refractivity contribution < 1.29 is 9.90 Å². The molecule has 1 atom stereocenters. The van der Waals surface area contributed by atoms with Crippen molar-refractivity contribution in [1.82, 2.24) is 5.32 Å². The number of benzene rings is 1. The van der Waals surface area contributed by atoms with Crippen molar-refractivity contribution in [2.24, 2.45) is 0 Å². The van der Waals surface area contributed by atoms with E-state index >= 15 is 0 Å². The molecule has 1 amide bonds. The van der Waals surface area contributed by atoms with Crippen molar-refractivity contribution in [2.45, 2.75) is 19.4 Å². The van der Waals surface area contributed by atoms with Gasteiger partial charge >= 0.3 is 0 Å². The fraction of sp³-hybridized carbons (Fsp3) is 0.364. The molecule has 0 aromatic heterocycles. The highest BCUT2D eigenvalue weighted by molar-refractivity contribution is 5.78. The lowest BCUT2D eigenvalue weighted by molar-refractivity contribution is -0.120. The van der Waals surface area contributed by atoms with Gasteiger partial charge in [-0.05, 0) is 12.5 Å². The molecule has 3 nitrogen and oxygen atoms in total. The first-order chi connectivity index (χ1) is 6.68. The monoisotopic (exact) mass is 193 g/mol. The Bertz CT molecular complexity index is 283. The Morgan fingerprint density at radius 2 is 2.07 bits per heavy atom. The summed E-state index contributed by atoms with van der Waals surface area (Å²) in [5.74, 6) is -0.0582. The summed E-state index contributed by atoms with van der Waals surface area (Å²) in [6.07, 6.45) is -0.122. The first-order valence-corrected chi connectivity index (χ1v) is 4.67. The molecule has 1 aromatic carbocycles. The number of hydrogen-bond donors (Lipinski definition) is 2. The number of amides is 1. The van der Waals surface area contributed by atoms with Crippen LogP contribution in [0.2, 0.25) is 0 Å². The zero-order valence-corrected chi connectivity index (χ0v) is 8.23. The van der Waals surface area contributed by atoms with E-state index in [-0.39, 0.29) is 5.91 Å². The molecule has 1 aromatic rings. The van der Waals surface area contributed by atoms with Gasteiger partial charge in [0.05, 0.1) is 12.5 Å². The van der Waals surface area contributed by atoms with E-state index in [2.05, 4.69) is 5.32 Å². The molecule has 3 heteroatoms. The molecular formula is C11H15NO2. The van der Waals surface area contributed by atoms with Crippen LogP contribution in [0.3, 0.4) is 0 Å². The molecule has 0 saturated carbocycles.